The van der Waals surface area contributed by atoms with Crippen LogP contribution in [0.4, 0.5) is 13.2 Å². The number of likely N-dealkylation sites (tertiary alicyclic amines) is 1. The summed E-state index contributed by atoms with van der Waals surface area (Å²) in [7, 11) is 8.76. The van der Waals surface area contributed by atoms with Crippen molar-refractivity contribution in [3.8, 4) is 0 Å². The Morgan fingerprint density at radius 1 is 0.588 bits per heavy atom. The second-order valence-corrected chi connectivity index (χ2v) is 32.0. The summed E-state index contributed by atoms with van der Waals surface area (Å²) in [5.41, 5.74) is -1.55. The van der Waals surface area contributed by atoms with E-state index in [0.29, 0.717) is 64.5 Å². The van der Waals surface area contributed by atoms with E-state index in [-0.39, 0.29) is 95.1 Å². The highest BCUT2D eigenvalue weighted by atomic mass is 35.5. The molecular formula is C74H120ClF3N12O12. The lowest BCUT2D eigenvalue weighted by molar-refractivity contribution is -0.182. The van der Waals surface area contributed by atoms with Crippen LogP contribution in [0.3, 0.4) is 0 Å². The van der Waals surface area contributed by atoms with Gasteiger partial charge in [0, 0.05) is 73.8 Å². The highest BCUT2D eigenvalue weighted by Crippen LogP contribution is 2.44. The zero-order valence-corrected chi connectivity index (χ0v) is 63.5. The third kappa shape index (κ3) is 21.0. The third-order valence-corrected chi connectivity index (χ3v) is 24.2. The summed E-state index contributed by atoms with van der Waals surface area (Å²) >= 11 is 6.42. The van der Waals surface area contributed by atoms with Gasteiger partial charge in [-0.05, 0) is 139 Å². The molecule has 11 atom stereocenters. The first kappa shape index (κ1) is 83.0. The number of nitrogens with zero attached hydrogens (tertiary/aromatic N) is 9. The second-order valence-electron chi connectivity index (χ2n) is 31.4. The molecule has 0 aromatic rings. The van der Waals surface area contributed by atoms with Crippen molar-refractivity contribution < 1.29 is 70.7 Å². The standard InChI is InChI=1S/C74H120ClF3N12O12/c1-12-48(5)63-70(100)83(7)45-62(94)88(13-2)46-61(93)85(9)57(42-49-26-17-14-18-27-49)68(98)82(6)44-59(91)79-54(34-32-50-31-33-52(53(75)41-50)74(76,77)78)67(97)90-39-25-30-55(90)66(96)81-73(35-21-22-36-73)72(102)87(11)64(51-28-19-15-20-29-51)71(101)86(10)58(69(99)89-37-23-16-24-38-89)43-60(92)84(8)56(40-47(3)4)65(95)80-63/h47-58,63-64H,12-46H2,1-11H3,(H,79,91)(H,80,95)(H,81,96)/t48-,50?,52?,53?,54-,55-,56-,57-,58-,63-,64-/m0/s1. The van der Waals surface area contributed by atoms with Gasteiger partial charge in [-0.1, -0.05) is 98.3 Å². The van der Waals surface area contributed by atoms with Crippen LogP contribution in [0.2, 0.25) is 0 Å². The topological polar surface area (TPSA) is 270 Å². The van der Waals surface area contributed by atoms with Crippen LogP contribution >= 0.6 is 11.6 Å². The third-order valence-electron chi connectivity index (χ3n) is 23.7. The number of halogens is 4. The molecule has 12 amide bonds. The number of alkyl halides is 4. The lowest BCUT2D eigenvalue weighted by Gasteiger charge is -2.43. The van der Waals surface area contributed by atoms with Crippen molar-refractivity contribution >= 4 is 82.5 Å². The van der Waals surface area contributed by atoms with Crippen molar-refractivity contribution in [1.29, 1.82) is 0 Å². The second kappa shape index (κ2) is 37.6. The van der Waals surface area contributed by atoms with Crippen LogP contribution in [-0.4, -0.2) is 262 Å². The van der Waals surface area contributed by atoms with Gasteiger partial charge in [-0.15, -0.1) is 11.6 Å². The Labute approximate surface area is 608 Å². The van der Waals surface area contributed by atoms with Crippen LogP contribution in [0, 0.1) is 35.5 Å². The lowest BCUT2D eigenvalue weighted by Crippen LogP contribution is -2.65. The molecule has 3 saturated heterocycles. The van der Waals surface area contributed by atoms with Crippen LogP contribution in [0.15, 0.2) is 0 Å². The molecule has 0 radical (unpaired) electrons. The number of fused-ring (bicyclic) bond motifs is 1. The fourth-order valence-electron chi connectivity index (χ4n) is 17.1. The molecule has 28 heteroatoms. The Bertz CT molecular complexity index is 2940. The van der Waals surface area contributed by atoms with Crippen LogP contribution in [0.5, 0.6) is 0 Å². The van der Waals surface area contributed by atoms with Gasteiger partial charge in [0.25, 0.3) is 0 Å². The number of likely N-dealkylation sites (N-methyl/N-ethyl adjacent to an activating group) is 7. The molecule has 4 saturated carbocycles. The molecule has 576 valence electrons. The summed E-state index contributed by atoms with van der Waals surface area (Å²) < 4.78 is 42.1. The average Bonchev–Trinajstić information content (AvgIpc) is 1.75. The smallest absolute Gasteiger partial charge is 0.343 e. The SMILES string of the molecule is CC[C@H](C)[C@@H]1NC(=O)[C@H](CC(C)C)N(C)C(=O)C[C@@H](C(=O)N2CCCCC2)N(C)C(=O)[C@H](C2CCCCC2)N(C)C(=O)C2(CCCC2)NC(=O)[C@@H]2CCCN2C(=O)[C@H](CCC2CCC(C(F)(F)F)C(Cl)C2)NC(=O)CN(C)C(=O)[C@H](CC2CCCCC2)N(C)C(=O)CN(CC)C(=O)CN(C)C1=O. The summed E-state index contributed by atoms with van der Waals surface area (Å²) in [4.78, 5) is 192. The first-order valence-electron chi connectivity index (χ1n) is 38.3. The predicted octanol–water partition coefficient (Wildman–Crippen LogP) is 6.87. The van der Waals surface area contributed by atoms with E-state index < -0.39 is 174 Å². The lowest BCUT2D eigenvalue weighted by atomic mass is 9.78. The fraction of sp³-hybridized carbons (Fsp3) is 0.838. The highest BCUT2D eigenvalue weighted by molar-refractivity contribution is 6.21. The first-order valence-corrected chi connectivity index (χ1v) is 38.7. The van der Waals surface area contributed by atoms with Crippen LogP contribution in [0.25, 0.3) is 0 Å². The van der Waals surface area contributed by atoms with E-state index in [1.807, 2.05) is 20.8 Å². The number of piperidine rings is 1. The predicted molar refractivity (Wildman–Crippen MR) is 379 cm³/mol. The van der Waals surface area contributed by atoms with E-state index in [2.05, 4.69) is 16.0 Å². The molecule has 1 spiro atoms. The van der Waals surface area contributed by atoms with E-state index in [1.54, 1.807) is 18.7 Å². The molecular weight excluding hydrogens is 1340 g/mol. The molecule has 0 aromatic carbocycles. The molecule has 7 rings (SSSR count). The van der Waals surface area contributed by atoms with E-state index in [4.69, 9.17) is 11.6 Å². The molecule has 7 fully saturated rings. The zero-order chi connectivity index (χ0) is 75.1. The summed E-state index contributed by atoms with van der Waals surface area (Å²) in [6.07, 6.45) is 8.00. The van der Waals surface area contributed by atoms with Gasteiger partial charge in [-0.2, -0.15) is 13.2 Å². The maximum absolute atomic E-state index is 15.8. The summed E-state index contributed by atoms with van der Waals surface area (Å²) in [6, 6.07) is -8.51. The molecule has 4 aliphatic carbocycles. The van der Waals surface area contributed by atoms with E-state index >= 15 is 28.8 Å². The monoisotopic (exact) mass is 1460 g/mol. The molecule has 3 heterocycles. The molecule has 3 unspecified atom stereocenters. The first-order chi connectivity index (χ1) is 48.2. The molecule has 3 aliphatic heterocycles. The van der Waals surface area contributed by atoms with Gasteiger partial charge in [0.15, 0.2) is 0 Å². The Morgan fingerprint density at radius 3 is 1.79 bits per heavy atom. The van der Waals surface area contributed by atoms with Gasteiger partial charge in [0.1, 0.15) is 47.8 Å². The highest BCUT2D eigenvalue weighted by Gasteiger charge is 2.52. The van der Waals surface area contributed by atoms with Gasteiger partial charge in [-0.3, -0.25) is 57.5 Å². The minimum Gasteiger partial charge on any atom is -0.343 e. The van der Waals surface area contributed by atoms with Crippen molar-refractivity contribution in [3.63, 3.8) is 0 Å². The van der Waals surface area contributed by atoms with E-state index in [1.165, 1.54) is 81.5 Å². The van der Waals surface area contributed by atoms with Gasteiger partial charge < -0.3 is 60.0 Å². The number of nitrogens with one attached hydrogen (secondary N) is 3. The van der Waals surface area contributed by atoms with Gasteiger partial charge in [0.2, 0.25) is 70.9 Å². The van der Waals surface area contributed by atoms with Crippen molar-refractivity contribution in [1.82, 2.24) is 60.0 Å². The van der Waals surface area contributed by atoms with Crippen molar-refractivity contribution in [2.24, 2.45) is 35.5 Å². The van der Waals surface area contributed by atoms with Gasteiger partial charge in [0.05, 0.1) is 32.0 Å². The summed E-state index contributed by atoms with van der Waals surface area (Å²) in [6.45, 7) is 8.35. The van der Waals surface area contributed by atoms with E-state index in [9.17, 15) is 41.9 Å². The Morgan fingerprint density at radius 2 is 1.20 bits per heavy atom. The van der Waals surface area contributed by atoms with Gasteiger partial charge >= 0.3 is 6.18 Å². The maximum atomic E-state index is 15.8. The number of hydrogen-bond acceptors (Lipinski definition) is 12. The Hall–Kier alpha value is -6.28. The summed E-state index contributed by atoms with van der Waals surface area (Å²) in [5.74, 6) is -10.4. The Kier molecular flexibility index (Phi) is 30.6. The van der Waals surface area contributed by atoms with Gasteiger partial charge in [-0.25, -0.2) is 0 Å². The molecule has 7 aliphatic rings. The number of hydrogen-bond donors (Lipinski definition) is 3. The molecule has 24 nitrogen and oxygen atoms in total. The number of carbonyl (C=O) groups is 12. The number of amides is 12. The fourth-order valence-corrected chi connectivity index (χ4v) is 17.6. The number of carbonyl (C=O) groups excluding carboxylic acids is 12. The van der Waals surface area contributed by atoms with Crippen molar-refractivity contribution in [2.45, 2.75) is 274 Å². The van der Waals surface area contributed by atoms with Crippen LogP contribution in [-0.2, 0) is 57.5 Å². The van der Waals surface area contributed by atoms with Crippen LogP contribution in [0.1, 0.15) is 214 Å². The maximum Gasteiger partial charge on any atom is 0.393 e. The quantitative estimate of drug-likeness (QED) is 0.169. The zero-order valence-electron chi connectivity index (χ0n) is 62.8. The van der Waals surface area contributed by atoms with Crippen LogP contribution < -0.4 is 16.0 Å². The Balaban J connectivity index is 1.28. The van der Waals surface area contributed by atoms with Crippen molar-refractivity contribution in [3.05, 3.63) is 0 Å². The number of rotatable bonds is 12. The molecule has 3 N–H and O–H groups in total. The largest absolute Gasteiger partial charge is 0.393 e. The minimum atomic E-state index is -4.51. The molecule has 102 heavy (non-hydrogen) atoms. The van der Waals surface area contributed by atoms with E-state index in [0.717, 1.165) is 57.8 Å². The molecule has 0 bridgehead atoms. The normalized spacial score (nSPS) is 29.8. The van der Waals surface area contributed by atoms with Crippen molar-refractivity contribution in [2.75, 3.05) is 88.1 Å². The molecule has 0 aromatic heterocycles. The summed E-state index contributed by atoms with van der Waals surface area (Å²) in [5, 5.41) is 7.68. The average molecular weight is 1460 g/mol. The minimum absolute atomic E-state index is 0.00334.